The van der Waals surface area contributed by atoms with Crippen molar-refractivity contribution < 1.29 is 5.11 Å². The van der Waals surface area contributed by atoms with E-state index in [1.165, 1.54) is 13.0 Å². The van der Waals surface area contributed by atoms with Crippen molar-refractivity contribution in [1.29, 1.82) is 5.41 Å². The van der Waals surface area contributed by atoms with Crippen LogP contribution in [-0.4, -0.2) is 5.71 Å². The van der Waals surface area contributed by atoms with Crippen LogP contribution in [0.3, 0.4) is 0 Å². The van der Waals surface area contributed by atoms with Gasteiger partial charge in [0, 0.05) is 0 Å². The maximum Gasteiger partial charge on any atom is 0.0602 e. The average Bonchev–Trinajstić information content (AvgIpc) is 2.05. The molecule has 0 unspecified atom stereocenters. The Balaban J connectivity index is 2.87. The highest BCUT2D eigenvalue weighted by Crippen LogP contribution is 2.00. The molecule has 1 aromatic carbocycles. The predicted octanol–water partition coefficient (Wildman–Crippen LogP) is 1.32. The molecule has 1 rings (SSSR count). The molecule has 2 heteroatoms. The van der Waals surface area contributed by atoms with Gasteiger partial charge in [-0.05, 0) is 11.6 Å². The molecule has 0 saturated carbocycles. The van der Waals surface area contributed by atoms with Gasteiger partial charge >= 0.3 is 0 Å². The van der Waals surface area contributed by atoms with E-state index in [2.05, 4.69) is 0 Å². The molecule has 0 radical (unpaired) electrons. The van der Waals surface area contributed by atoms with Gasteiger partial charge in [0.2, 0.25) is 0 Å². The number of benzene rings is 1. The van der Waals surface area contributed by atoms with Gasteiger partial charge in [0.05, 0.1) is 5.71 Å². The zero-order chi connectivity index (χ0) is 8.97. The van der Waals surface area contributed by atoms with Crippen molar-refractivity contribution in [3.63, 3.8) is 0 Å². The maximum absolute atomic E-state index is 10.6. The molecule has 0 saturated heterocycles. The van der Waals surface area contributed by atoms with Crippen molar-refractivity contribution in [2.45, 2.75) is 6.92 Å². The molecule has 12 heavy (non-hydrogen) atoms. The fourth-order valence-electron chi connectivity index (χ4n) is 0.904. The van der Waals surface area contributed by atoms with E-state index in [-0.39, 0.29) is 11.5 Å². The van der Waals surface area contributed by atoms with Gasteiger partial charge in [-0.25, -0.2) is 0 Å². The monoisotopic (exact) mass is 160 g/mol. The Morgan fingerprint density at radius 3 is 2.42 bits per heavy atom. The van der Waals surface area contributed by atoms with E-state index in [4.69, 9.17) is 5.41 Å². The molecule has 0 heterocycles. The number of allylic oxidation sites excluding steroid dienone is 2. The standard InChI is InChI=1S/C10H11NO/c1-8(12)7-10(11)9-5-3-2-4-6-9/h2-7,11-12H,1H3/p-1/b8-7-,11-10?. The Morgan fingerprint density at radius 1 is 1.33 bits per heavy atom. The first kappa shape index (κ1) is 8.53. The minimum atomic E-state index is -0.0937. The van der Waals surface area contributed by atoms with Crippen LogP contribution in [-0.2, 0) is 0 Å². The maximum atomic E-state index is 10.6. The Kier molecular flexibility index (Phi) is 2.64. The van der Waals surface area contributed by atoms with Gasteiger partial charge in [-0.15, -0.1) is 5.76 Å². The summed E-state index contributed by atoms with van der Waals surface area (Å²) in [5, 5.41) is 18.1. The lowest BCUT2D eigenvalue weighted by Crippen LogP contribution is -2.03. The molecule has 0 fully saturated rings. The molecule has 62 valence electrons. The normalized spacial score (nSPS) is 11.2. The molecule has 0 aliphatic rings. The van der Waals surface area contributed by atoms with Crippen molar-refractivity contribution >= 4 is 5.71 Å². The zero-order valence-electron chi connectivity index (χ0n) is 6.87. The van der Waals surface area contributed by atoms with E-state index in [9.17, 15) is 5.11 Å². The van der Waals surface area contributed by atoms with E-state index in [1.54, 1.807) is 0 Å². The first-order valence-corrected chi connectivity index (χ1v) is 3.69. The zero-order valence-corrected chi connectivity index (χ0v) is 6.87. The molecular formula is C10H10NO-. The van der Waals surface area contributed by atoms with Crippen LogP contribution in [0.4, 0.5) is 0 Å². The van der Waals surface area contributed by atoms with Gasteiger partial charge in [-0.3, -0.25) is 0 Å². The van der Waals surface area contributed by atoms with Crippen LogP contribution in [0.1, 0.15) is 12.5 Å². The highest BCUT2D eigenvalue weighted by atomic mass is 16.3. The number of rotatable bonds is 2. The van der Waals surface area contributed by atoms with Crippen LogP contribution >= 0.6 is 0 Å². The van der Waals surface area contributed by atoms with Crippen molar-refractivity contribution in [3.8, 4) is 0 Å². The second-order valence-electron chi connectivity index (χ2n) is 2.53. The molecule has 0 spiro atoms. The minimum Gasteiger partial charge on any atom is -0.876 e. The summed E-state index contributed by atoms with van der Waals surface area (Å²) in [6.07, 6.45) is 1.31. The molecule has 2 nitrogen and oxygen atoms in total. The summed E-state index contributed by atoms with van der Waals surface area (Å²) in [5.41, 5.74) is 1.04. The highest BCUT2D eigenvalue weighted by molar-refractivity contribution is 6.06. The largest absolute Gasteiger partial charge is 0.876 e. The van der Waals surface area contributed by atoms with Gasteiger partial charge in [0.15, 0.2) is 0 Å². The topological polar surface area (TPSA) is 46.9 Å². The number of nitrogens with one attached hydrogen (secondary N) is 1. The quantitative estimate of drug-likeness (QED) is 0.514. The van der Waals surface area contributed by atoms with Crippen LogP contribution in [0, 0.1) is 5.41 Å². The second kappa shape index (κ2) is 3.72. The minimum absolute atomic E-state index is 0.0937. The average molecular weight is 160 g/mol. The van der Waals surface area contributed by atoms with Crippen molar-refractivity contribution in [1.82, 2.24) is 0 Å². The summed E-state index contributed by atoms with van der Waals surface area (Å²) in [7, 11) is 0. The van der Waals surface area contributed by atoms with Crippen LogP contribution in [0.25, 0.3) is 0 Å². The lowest BCUT2D eigenvalue weighted by Gasteiger charge is -2.04. The summed E-state index contributed by atoms with van der Waals surface area (Å²) < 4.78 is 0. The third-order valence-electron chi connectivity index (χ3n) is 1.43. The summed E-state index contributed by atoms with van der Waals surface area (Å²) in [4.78, 5) is 0. The SMILES string of the molecule is C/C([O-])=C/C(=N)c1ccccc1. The van der Waals surface area contributed by atoms with Gasteiger partial charge in [-0.2, -0.15) is 0 Å². The Hall–Kier alpha value is -1.57. The molecule has 0 atom stereocenters. The summed E-state index contributed by atoms with van der Waals surface area (Å²) in [6, 6.07) is 9.18. The Morgan fingerprint density at radius 2 is 1.92 bits per heavy atom. The molecule has 0 bridgehead atoms. The molecule has 0 aliphatic heterocycles. The third kappa shape index (κ3) is 2.23. The van der Waals surface area contributed by atoms with Crippen LogP contribution in [0.5, 0.6) is 0 Å². The van der Waals surface area contributed by atoms with Gasteiger partial charge in [0.25, 0.3) is 0 Å². The third-order valence-corrected chi connectivity index (χ3v) is 1.43. The lowest BCUT2D eigenvalue weighted by atomic mass is 10.1. The fraction of sp³-hybridized carbons (Fsp3) is 0.100. The second-order valence-corrected chi connectivity index (χ2v) is 2.53. The van der Waals surface area contributed by atoms with Gasteiger partial charge < -0.3 is 10.5 Å². The fourth-order valence-corrected chi connectivity index (χ4v) is 0.904. The van der Waals surface area contributed by atoms with Gasteiger partial charge in [0.1, 0.15) is 0 Å². The molecule has 0 amide bonds. The summed E-state index contributed by atoms with van der Waals surface area (Å²) in [6.45, 7) is 1.44. The van der Waals surface area contributed by atoms with Crippen LogP contribution < -0.4 is 5.11 Å². The van der Waals surface area contributed by atoms with Crippen LogP contribution in [0.15, 0.2) is 42.2 Å². The van der Waals surface area contributed by atoms with Crippen molar-refractivity contribution in [2.75, 3.05) is 0 Å². The van der Waals surface area contributed by atoms with Crippen LogP contribution in [0.2, 0.25) is 0 Å². The Labute approximate surface area is 71.7 Å². The smallest absolute Gasteiger partial charge is 0.0602 e. The Bertz CT molecular complexity index is 297. The number of hydrogen-bond acceptors (Lipinski definition) is 2. The molecule has 1 N–H and O–H groups in total. The van der Waals surface area contributed by atoms with Crippen molar-refractivity contribution in [2.24, 2.45) is 0 Å². The first-order valence-electron chi connectivity index (χ1n) is 3.69. The van der Waals surface area contributed by atoms with E-state index in [0.717, 1.165) is 5.56 Å². The molecular weight excluding hydrogens is 150 g/mol. The van der Waals surface area contributed by atoms with Gasteiger partial charge in [-0.1, -0.05) is 37.3 Å². The molecule has 1 aromatic rings. The summed E-state index contributed by atoms with van der Waals surface area (Å²) in [5.74, 6) is -0.0937. The highest BCUT2D eigenvalue weighted by Gasteiger charge is 1.93. The molecule has 0 aliphatic carbocycles. The van der Waals surface area contributed by atoms with E-state index in [1.807, 2.05) is 30.3 Å². The first-order chi connectivity index (χ1) is 5.70. The van der Waals surface area contributed by atoms with E-state index >= 15 is 0 Å². The van der Waals surface area contributed by atoms with E-state index in [0.29, 0.717) is 0 Å². The van der Waals surface area contributed by atoms with Crippen molar-refractivity contribution in [3.05, 3.63) is 47.7 Å². The predicted molar refractivity (Wildman–Crippen MR) is 47.0 cm³/mol. The number of hydrogen-bond donors (Lipinski definition) is 1. The molecule has 0 aromatic heterocycles. The summed E-state index contributed by atoms with van der Waals surface area (Å²) >= 11 is 0. The van der Waals surface area contributed by atoms with E-state index < -0.39 is 0 Å². The lowest BCUT2D eigenvalue weighted by molar-refractivity contribution is -0.301.